The van der Waals surface area contributed by atoms with E-state index in [9.17, 15) is 0 Å². The molecule has 1 aliphatic carbocycles. The van der Waals surface area contributed by atoms with Crippen LogP contribution in [0.3, 0.4) is 0 Å². The lowest BCUT2D eigenvalue weighted by Crippen LogP contribution is -2.15. The summed E-state index contributed by atoms with van der Waals surface area (Å²) < 4.78 is 4.85. The van der Waals surface area contributed by atoms with Crippen molar-refractivity contribution in [3.63, 3.8) is 0 Å². The van der Waals surface area contributed by atoms with Crippen molar-refractivity contribution in [3.05, 3.63) is 199 Å². The van der Waals surface area contributed by atoms with Gasteiger partial charge in [0, 0.05) is 49.7 Å². The van der Waals surface area contributed by atoms with E-state index < -0.39 is 0 Å². The Bertz CT molecular complexity index is 3070. The minimum absolute atomic E-state index is 0.0838. The Balaban J connectivity index is 1.11. The minimum atomic E-state index is -0.0838. The molecule has 8 aromatic carbocycles. The van der Waals surface area contributed by atoms with E-state index in [1.807, 2.05) is 0 Å². The zero-order valence-corrected chi connectivity index (χ0v) is 31.2. The van der Waals surface area contributed by atoms with Crippen molar-refractivity contribution in [2.45, 2.75) is 26.2 Å². The van der Waals surface area contributed by atoms with Crippen LogP contribution in [-0.4, -0.2) is 9.13 Å². The fourth-order valence-electron chi connectivity index (χ4n) is 9.37. The van der Waals surface area contributed by atoms with Crippen LogP contribution in [0.5, 0.6) is 0 Å². The summed E-state index contributed by atoms with van der Waals surface area (Å²) in [6.45, 7) is 6.87. The zero-order valence-electron chi connectivity index (χ0n) is 31.2. The van der Waals surface area contributed by atoms with Gasteiger partial charge in [-0.1, -0.05) is 123 Å². The molecule has 0 saturated carbocycles. The molecule has 0 unspecified atom stereocenters. The predicted octanol–water partition coefficient (Wildman–Crippen LogP) is 14.0. The summed E-state index contributed by atoms with van der Waals surface area (Å²) in [4.78, 5) is 2.43. The molecule has 1 aliphatic rings. The molecular weight excluding hydrogens is 667 g/mol. The normalized spacial score (nSPS) is 13.1. The quantitative estimate of drug-likeness (QED) is 0.174. The first-order valence-electron chi connectivity index (χ1n) is 19.2. The van der Waals surface area contributed by atoms with Crippen molar-refractivity contribution in [2.24, 2.45) is 0 Å². The highest BCUT2D eigenvalue weighted by Crippen LogP contribution is 2.50. The molecule has 0 radical (unpaired) electrons. The first-order valence-corrected chi connectivity index (χ1v) is 19.2. The predicted molar refractivity (Wildman–Crippen MR) is 232 cm³/mol. The van der Waals surface area contributed by atoms with Gasteiger partial charge < -0.3 is 14.0 Å². The Hall–Kier alpha value is -6.84. The largest absolute Gasteiger partial charge is 0.310 e. The first-order chi connectivity index (χ1) is 27.0. The fourth-order valence-corrected chi connectivity index (χ4v) is 9.37. The van der Waals surface area contributed by atoms with Crippen LogP contribution in [0.1, 0.15) is 30.5 Å². The highest BCUT2D eigenvalue weighted by Gasteiger charge is 2.35. The molecule has 0 N–H and O–H groups in total. The van der Waals surface area contributed by atoms with E-state index in [1.165, 1.54) is 77.1 Å². The van der Waals surface area contributed by atoms with Crippen LogP contribution in [-0.2, 0) is 5.41 Å². The zero-order chi connectivity index (χ0) is 36.8. The Kier molecular flexibility index (Phi) is 6.81. The lowest BCUT2D eigenvalue weighted by Gasteiger charge is -2.27. The van der Waals surface area contributed by atoms with E-state index in [4.69, 9.17) is 0 Å². The van der Waals surface area contributed by atoms with Gasteiger partial charge in [-0.25, -0.2) is 0 Å². The van der Waals surface area contributed by atoms with E-state index in [0.717, 1.165) is 22.7 Å². The lowest BCUT2D eigenvalue weighted by atomic mass is 9.82. The van der Waals surface area contributed by atoms with Gasteiger partial charge in [-0.2, -0.15) is 0 Å². The fraction of sp³-hybridized carbons (Fsp3) is 0.0769. The molecule has 0 aliphatic heterocycles. The minimum Gasteiger partial charge on any atom is -0.310 e. The molecule has 0 fully saturated rings. The summed E-state index contributed by atoms with van der Waals surface area (Å²) in [6.07, 6.45) is 0. The monoisotopic (exact) mass is 705 g/mol. The molecule has 0 atom stereocenters. The van der Waals surface area contributed by atoms with Gasteiger partial charge in [-0.05, 0) is 108 Å². The molecule has 0 amide bonds. The van der Waals surface area contributed by atoms with Crippen LogP contribution < -0.4 is 4.90 Å². The average Bonchev–Trinajstić information content (AvgIpc) is 3.83. The molecule has 55 heavy (non-hydrogen) atoms. The van der Waals surface area contributed by atoms with Crippen molar-refractivity contribution in [3.8, 4) is 22.5 Å². The van der Waals surface area contributed by atoms with Crippen molar-refractivity contribution in [1.82, 2.24) is 9.13 Å². The van der Waals surface area contributed by atoms with E-state index in [-0.39, 0.29) is 5.41 Å². The van der Waals surface area contributed by atoms with Crippen LogP contribution in [0.2, 0.25) is 0 Å². The van der Waals surface area contributed by atoms with Gasteiger partial charge in [-0.3, -0.25) is 0 Å². The maximum absolute atomic E-state index is 2.46. The second kappa shape index (κ2) is 11.8. The van der Waals surface area contributed by atoms with Crippen LogP contribution in [0.15, 0.2) is 182 Å². The van der Waals surface area contributed by atoms with Gasteiger partial charge in [0.15, 0.2) is 0 Å². The summed E-state index contributed by atoms with van der Waals surface area (Å²) in [7, 11) is 0. The summed E-state index contributed by atoms with van der Waals surface area (Å²) in [5.41, 5.74) is 17.1. The van der Waals surface area contributed by atoms with Gasteiger partial charge in [0.05, 0.1) is 27.8 Å². The van der Waals surface area contributed by atoms with Crippen molar-refractivity contribution < 1.29 is 0 Å². The number of rotatable bonds is 5. The van der Waals surface area contributed by atoms with Gasteiger partial charge in [0.2, 0.25) is 0 Å². The molecule has 0 saturated heterocycles. The van der Waals surface area contributed by atoms with Gasteiger partial charge in [0.1, 0.15) is 0 Å². The van der Waals surface area contributed by atoms with Gasteiger partial charge >= 0.3 is 0 Å². The Morgan fingerprint density at radius 1 is 0.418 bits per heavy atom. The molecule has 3 heteroatoms. The van der Waals surface area contributed by atoms with E-state index in [1.54, 1.807) is 0 Å². The second-order valence-corrected chi connectivity index (χ2v) is 15.5. The number of anilines is 3. The molecule has 3 nitrogen and oxygen atoms in total. The number of fused-ring (bicyclic) bond motifs is 9. The van der Waals surface area contributed by atoms with Gasteiger partial charge in [0.25, 0.3) is 0 Å². The Morgan fingerprint density at radius 3 is 1.62 bits per heavy atom. The van der Waals surface area contributed by atoms with E-state index in [2.05, 4.69) is 217 Å². The van der Waals surface area contributed by atoms with Crippen LogP contribution >= 0.6 is 0 Å². The number of para-hydroxylation sites is 3. The summed E-state index contributed by atoms with van der Waals surface area (Å²) in [6, 6.07) is 67.0. The average molecular weight is 706 g/mol. The Morgan fingerprint density at radius 2 is 0.927 bits per heavy atom. The van der Waals surface area contributed by atoms with Crippen molar-refractivity contribution >= 4 is 60.7 Å². The summed E-state index contributed by atoms with van der Waals surface area (Å²) in [5, 5.41) is 4.99. The number of aryl methyl sites for hydroxylation is 1. The molecule has 11 rings (SSSR count). The second-order valence-electron chi connectivity index (χ2n) is 15.5. The third kappa shape index (κ3) is 4.63. The summed E-state index contributed by atoms with van der Waals surface area (Å²) in [5.74, 6) is 0. The SMILES string of the molecule is Cc1ccc(N(c2ccc(-n3c4ccccc4c4ccccc43)cc2)c2cccc3c2c2ccccc2n3-c2ccc3c(c2)C(C)(C)c2ccccc2-3)cc1. The topological polar surface area (TPSA) is 13.1 Å². The van der Waals surface area contributed by atoms with Crippen LogP contribution in [0, 0.1) is 6.92 Å². The van der Waals surface area contributed by atoms with Crippen LogP contribution in [0.25, 0.3) is 66.1 Å². The number of aromatic nitrogens is 2. The Labute approximate surface area is 320 Å². The molecular formula is C52H39N3. The van der Waals surface area contributed by atoms with E-state index >= 15 is 0 Å². The maximum atomic E-state index is 2.46. The molecule has 0 bridgehead atoms. The molecule has 0 spiro atoms. The third-order valence-corrected chi connectivity index (χ3v) is 12.0. The number of benzene rings is 8. The standard InChI is InChI=1S/C52H39N3/c1-34-23-25-35(26-24-34)53(36-27-29-37(30-28-36)54-46-18-9-5-14-41(46)42-15-6-10-19-47(42)54)49-21-12-22-50-51(49)43-16-7-11-20-48(43)55(50)38-31-32-40-39-13-4-8-17-44(39)52(2,3)45(40)33-38/h4-33H,1-3H3. The van der Waals surface area contributed by atoms with Crippen molar-refractivity contribution in [2.75, 3.05) is 4.90 Å². The lowest BCUT2D eigenvalue weighted by molar-refractivity contribution is 0.660. The highest BCUT2D eigenvalue weighted by molar-refractivity contribution is 6.16. The maximum Gasteiger partial charge on any atom is 0.0562 e. The van der Waals surface area contributed by atoms with Crippen molar-refractivity contribution in [1.29, 1.82) is 0 Å². The molecule has 2 heterocycles. The highest BCUT2D eigenvalue weighted by atomic mass is 15.1. The molecule has 10 aromatic rings. The molecule has 262 valence electrons. The molecule has 2 aromatic heterocycles. The summed E-state index contributed by atoms with van der Waals surface area (Å²) >= 11 is 0. The van der Waals surface area contributed by atoms with Crippen LogP contribution in [0.4, 0.5) is 17.1 Å². The number of nitrogens with zero attached hydrogens (tertiary/aromatic N) is 3. The third-order valence-electron chi connectivity index (χ3n) is 12.0. The first kappa shape index (κ1) is 31.7. The van der Waals surface area contributed by atoms with Gasteiger partial charge in [-0.15, -0.1) is 0 Å². The number of hydrogen-bond donors (Lipinski definition) is 0. The number of hydrogen-bond acceptors (Lipinski definition) is 1. The van der Waals surface area contributed by atoms with E-state index in [0.29, 0.717) is 0 Å². The smallest absolute Gasteiger partial charge is 0.0562 e.